The van der Waals surface area contributed by atoms with Crippen LogP contribution in [-0.4, -0.2) is 10.1 Å². The number of pyridine rings is 1. The Morgan fingerprint density at radius 1 is 0.900 bits per heavy atom. The summed E-state index contributed by atoms with van der Waals surface area (Å²) in [6.45, 7) is 2.08. The van der Waals surface area contributed by atoms with E-state index >= 15 is 0 Å². The van der Waals surface area contributed by atoms with Crippen LogP contribution in [0.5, 0.6) is 0 Å². The van der Waals surface area contributed by atoms with Crippen molar-refractivity contribution >= 4 is 23.0 Å². The Hall–Kier alpha value is -3.44. The van der Waals surface area contributed by atoms with Crippen molar-refractivity contribution in [2.75, 3.05) is 4.90 Å². The second-order valence-electron chi connectivity index (χ2n) is 7.40. The molecule has 0 amide bonds. The highest BCUT2D eigenvalue weighted by Crippen LogP contribution is 2.42. The highest BCUT2D eigenvalue weighted by molar-refractivity contribution is 7.80. The van der Waals surface area contributed by atoms with Crippen molar-refractivity contribution < 1.29 is 4.42 Å². The third-order valence-electron chi connectivity index (χ3n) is 5.39. The molecule has 5 heteroatoms. The molecule has 0 aliphatic carbocycles. The van der Waals surface area contributed by atoms with E-state index in [-0.39, 0.29) is 12.1 Å². The van der Waals surface area contributed by atoms with Gasteiger partial charge in [-0.25, -0.2) is 0 Å². The zero-order valence-electron chi connectivity index (χ0n) is 16.5. The molecule has 0 bridgehead atoms. The lowest BCUT2D eigenvalue weighted by atomic mass is 10.0. The Balaban J connectivity index is 1.60. The van der Waals surface area contributed by atoms with Crippen LogP contribution < -0.4 is 10.2 Å². The molecule has 4 aromatic rings. The summed E-state index contributed by atoms with van der Waals surface area (Å²) in [5.41, 5.74) is 4.21. The average molecular weight is 412 g/mol. The van der Waals surface area contributed by atoms with Gasteiger partial charge in [-0.15, -0.1) is 0 Å². The summed E-state index contributed by atoms with van der Waals surface area (Å²) < 4.78 is 6.36. The highest BCUT2D eigenvalue weighted by Gasteiger charge is 2.42. The van der Waals surface area contributed by atoms with Crippen molar-refractivity contribution in [3.8, 4) is 11.3 Å². The van der Waals surface area contributed by atoms with Gasteiger partial charge in [-0.3, -0.25) is 4.98 Å². The summed E-state index contributed by atoms with van der Waals surface area (Å²) in [4.78, 5) is 6.71. The van der Waals surface area contributed by atoms with Gasteiger partial charge in [0.05, 0.1) is 11.7 Å². The first-order chi connectivity index (χ1) is 14.7. The summed E-state index contributed by atoms with van der Waals surface area (Å²) >= 11 is 5.76. The molecule has 1 fully saturated rings. The van der Waals surface area contributed by atoms with Gasteiger partial charge < -0.3 is 14.6 Å². The van der Waals surface area contributed by atoms with Crippen LogP contribution in [-0.2, 0) is 0 Å². The summed E-state index contributed by atoms with van der Waals surface area (Å²) in [5.74, 6) is 1.68. The summed E-state index contributed by atoms with van der Waals surface area (Å²) in [5, 5.41) is 4.13. The lowest BCUT2D eigenvalue weighted by Gasteiger charge is -2.26. The smallest absolute Gasteiger partial charge is 0.174 e. The normalized spacial score (nSPS) is 18.4. The minimum absolute atomic E-state index is 0.116. The molecule has 2 aromatic carbocycles. The van der Waals surface area contributed by atoms with Crippen LogP contribution in [0.3, 0.4) is 0 Å². The monoisotopic (exact) mass is 411 g/mol. The number of nitrogens with one attached hydrogen (secondary N) is 1. The van der Waals surface area contributed by atoms with Crippen LogP contribution >= 0.6 is 12.2 Å². The summed E-state index contributed by atoms with van der Waals surface area (Å²) in [7, 11) is 0. The molecule has 0 spiro atoms. The van der Waals surface area contributed by atoms with E-state index < -0.39 is 0 Å². The molecule has 30 heavy (non-hydrogen) atoms. The first-order valence-electron chi connectivity index (χ1n) is 9.93. The molecule has 3 heterocycles. The standard InChI is InChI=1S/C25H21N3OS/c1-17-10-12-19(13-11-17)28-24(23(27-25(28)30)20-9-5-6-16-26-20)22-15-14-21(29-22)18-7-3-2-4-8-18/h2-16,23-24H,1H3,(H,27,30)/t23-,24-/m1/s1. The first kappa shape index (κ1) is 18.6. The fourth-order valence-corrected chi connectivity index (χ4v) is 4.24. The number of anilines is 1. The molecule has 1 N–H and O–H groups in total. The average Bonchev–Trinajstić information content (AvgIpc) is 3.40. The zero-order valence-corrected chi connectivity index (χ0v) is 17.3. The van der Waals surface area contributed by atoms with Crippen molar-refractivity contribution in [2.24, 2.45) is 0 Å². The quantitative estimate of drug-likeness (QED) is 0.428. The second kappa shape index (κ2) is 7.76. The number of aromatic nitrogens is 1. The van der Waals surface area contributed by atoms with E-state index in [0.717, 1.165) is 28.5 Å². The van der Waals surface area contributed by atoms with E-state index in [4.69, 9.17) is 16.6 Å². The molecule has 148 valence electrons. The maximum absolute atomic E-state index is 6.36. The van der Waals surface area contributed by atoms with E-state index in [0.29, 0.717) is 5.11 Å². The van der Waals surface area contributed by atoms with E-state index in [1.54, 1.807) is 0 Å². The Labute approximate surface area is 181 Å². The minimum atomic E-state index is -0.146. The van der Waals surface area contributed by atoms with E-state index in [2.05, 4.69) is 46.4 Å². The van der Waals surface area contributed by atoms with Crippen molar-refractivity contribution in [1.29, 1.82) is 0 Å². The van der Waals surface area contributed by atoms with Crippen LogP contribution in [0.1, 0.15) is 29.1 Å². The second-order valence-corrected chi connectivity index (χ2v) is 7.79. The van der Waals surface area contributed by atoms with E-state index in [9.17, 15) is 0 Å². The van der Waals surface area contributed by atoms with Gasteiger partial charge in [0.25, 0.3) is 0 Å². The van der Waals surface area contributed by atoms with Crippen LogP contribution in [0.15, 0.2) is 95.5 Å². The number of furan rings is 1. The first-order valence-corrected chi connectivity index (χ1v) is 10.3. The number of nitrogens with zero attached hydrogens (tertiary/aromatic N) is 2. The Morgan fingerprint density at radius 3 is 2.40 bits per heavy atom. The number of rotatable bonds is 4. The number of benzene rings is 2. The molecule has 2 aromatic heterocycles. The van der Waals surface area contributed by atoms with Crippen molar-refractivity contribution in [1.82, 2.24) is 10.3 Å². The lowest BCUT2D eigenvalue weighted by molar-refractivity contribution is 0.439. The van der Waals surface area contributed by atoms with Crippen LogP contribution in [0.25, 0.3) is 11.3 Å². The number of aryl methyl sites for hydroxylation is 1. The molecule has 1 aliphatic rings. The van der Waals surface area contributed by atoms with E-state index in [1.807, 2.05) is 66.9 Å². The largest absolute Gasteiger partial charge is 0.459 e. The third-order valence-corrected chi connectivity index (χ3v) is 5.70. The van der Waals surface area contributed by atoms with Crippen LogP contribution in [0.4, 0.5) is 5.69 Å². The molecule has 0 radical (unpaired) electrons. The van der Waals surface area contributed by atoms with Gasteiger partial charge in [-0.05, 0) is 55.5 Å². The summed E-state index contributed by atoms with van der Waals surface area (Å²) in [6, 6.07) is 28.3. The molecular weight excluding hydrogens is 390 g/mol. The van der Waals surface area contributed by atoms with Crippen molar-refractivity contribution in [3.63, 3.8) is 0 Å². The van der Waals surface area contributed by atoms with Crippen LogP contribution in [0, 0.1) is 6.92 Å². The highest BCUT2D eigenvalue weighted by atomic mass is 32.1. The molecule has 5 rings (SSSR count). The predicted molar refractivity (Wildman–Crippen MR) is 123 cm³/mol. The molecule has 4 nitrogen and oxygen atoms in total. The summed E-state index contributed by atoms with van der Waals surface area (Å²) in [6.07, 6.45) is 1.81. The predicted octanol–water partition coefficient (Wildman–Crippen LogP) is 5.83. The van der Waals surface area contributed by atoms with Gasteiger partial charge in [-0.1, -0.05) is 54.1 Å². The lowest BCUT2D eigenvalue weighted by Crippen LogP contribution is -2.29. The van der Waals surface area contributed by atoms with Crippen molar-refractivity contribution in [3.05, 3.63) is 108 Å². The fraction of sp³-hybridized carbons (Fsp3) is 0.120. The Kier molecular flexibility index (Phi) is 4.81. The minimum Gasteiger partial charge on any atom is -0.459 e. The number of hydrogen-bond donors (Lipinski definition) is 1. The number of thiocarbonyl (C=S) groups is 1. The third kappa shape index (κ3) is 3.37. The van der Waals surface area contributed by atoms with Gasteiger partial charge in [0.1, 0.15) is 17.6 Å². The van der Waals surface area contributed by atoms with Gasteiger partial charge in [-0.2, -0.15) is 0 Å². The van der Waals surface area contributed by atoms with Gasteiger partial charge in [0.15, 0.2) is 5.11 Å². The molecule has 0 saturated carbocycles. The van der Waals surface area contributed by atoms with Gasteiger partial charge in [0.2, 0.25) is 0 Å². The SMILES string of the molecule is Cc1ccc(N2C(=S)N[C@H](c3ccccn3)[C@H]2c2ccc(-c3ccccc3)o2)cc1. The topological polar surface area (TPSA) is 41.3 Å². The molecule has 1 aliphatic heterocycles. The van der Waals surface area contributed by atoms with Crippen LogP contribution in [0.2, 0.25) is 0 Å². The number of hydrogen-bond acceptors (Lipinski definition) is 3. The zero-order chi connectivity index (χ0) is 20.5. The maximum atomic E-state index is 6.36. The molecule has 2 atom stereocenters. The Morgan fingerprint density at radius 2 is 1.67 bits per heavy atom. The molecule has 1 saturated heterocycles. The van der Waals surface area contributed by atoms with E-state index in [1.165, 1.54) is 5.56 Å². The molecular formula is C25H21N3OS. The fourth-order valence-electron chi connectivity index (χ4n) is 3.90. The van der Waals surface area contributed by atoms with Gasteiger partial charge >= 0.3 is 0 Å². The molecule has 0 unspecified atom stereocenters. The van der Waals surface area contributed by atoms with Gasteiger partial charge in [0, 0.05) is 17.4 Å². The Bertz CT molecular complexity index is 1160. The van der Waals surface area contributed by atoms with Crippen molar-refractivity contribution in [2.45, 2.75) is 19.0 Å². The maximum Gasteiger partial charge on any atom is 0.174 e.